The van der Waals surface area contributed by atoms with Crippen LogP contribution in [0.15, 0.2) is 54.6 Å². The molecule has 1 aliphatic heterocycles. The van der Waals surface area contributed by atoms with Crippen LogP contribution in [0.5, 0.6) is 5.75 Å². The smallest absolute Gasteiger partial charge is 0.119 e. The average Bonchev–Trinajstić information content (AvgIpc) is 2.69. The lowest BCUT2D eigenvalue weighted by Gasteiger charge is -2.43. The molecule has 1 atom stereocenters. The Balaban J connectivity index is 1.73. The van der Waals surface area contributed by atoms with E-state index in [2.05, 4.69) is 48.3 Å². The van der Waals surface area contributed by atoms with Gasteiger partial charge in [-0.05, 0) is 23.3 Å². The minimum absolute atomic E-state index is 0.161. The summed E-state index contributed by atoms with van der Waals surface area (Å²) < 4.78 is 5.91. The molecule has 2 aromatic rings. The summed E-state index contributed by atoms with van der Waals surface area (Å²) in [4.78, 5) is 2.48. The van der Waals surface area contributed by atoms with Gasteiger partial charge in [-0.1, -0.05) is 56.3 Å². The molecule has 0 bridgehead atoms. The van der Waals surface area contributed by atoms with Gasteiger partial charge in [0.1, 0.15) is 12.4 Å². The lowest BCUT2D eigenvalue weighted by Crippen LogP contribution is -2.49. The molecule has 0 aromatic heterocycles. The maximum atomic E-state index is 9.95. The van der Waals surface area contributed by atoms with Gasteiger partial charge in [0.15, 0.2) is 0 Å². The van der Waals surface area contributed by atoms with E-state index in [1.165, 1.54) is 5.56 Å². The number of nitrogens with one attached hydrogen (secondary N) is 1. The van der Waals surface area contributed by atoms with Crippen molar-refractivity contribution in [1.29, 1.82) is 0 Å². The van der Waals surface area contributed by atoms with Crippen LogP contribution >= 0.6 is 0 Å². The third-order valence-corrected chi connectivity index (χ3v) is 5.11. The number of hydrogen-bond donors (Lipinski definition) is 2. The first-order valence-electron chi connectivity index (χ1n) is 9.42. The van der Waals surface area contributed by atoms with E-state index in [9.17, 15) is 5.11 Å². The maximum Gasteiger partial charge on any atom is 0.119 e. The van der Waals surface area contributed by atoms with Crippen LogP contribution in [0.3, 0.4) is 0 Å². The van der Waals surface area contributed by atoms with Crippen molar-refractivity contribution in [3.8, 4) is 5.75 Å². The van der Waals surface area contributed by atoms with Gasteiger partial charge in [0, 0.05) is 44.2 Å². The number of aliphatic hydroxyl groups excluding tert-OH is 1. The van der Waals surface area contributed by atoms with Crippen LogP contribution in [0.1, 0.15) is 31.0 Å². The van der Waals surface area contributed by atoms with Crippen LogP contribution in [0.2, 0.25) is 0 Å². The molecule has 0 amide bonds. The summed E-state index contributed by atoms with van der Waals surface area (Å²) >= 11 is 0. The Morgan fingerprint density at radius 1 is 1.04 bits per heavy atom. The van der Waals surface area contributed by atoms with Crippen LogP contribution in [0, 0.1) is 5.41 Å². The highest BCUT2D eigenvalue weighted by Gasteiger charge is 2.35. The Kier molecular flexibility index (Phi) is 6.30. The Bertz CT molecular complexity index is 664. The van der Waals surface area contributed by atoms with Crippen molar-refractivity contribution < 1.29 is 9.84 Å². The monoisotopic (exact) mass is 354 g/mol. The van der Waals surface area contributed by atoms with Gasteiger partial charge in [0.2, 0.25) is 0 Å². The first kappa shape index (κ1) is 18.9. The SMILES string of the molecule is CC(C)(CO)[C@H](c1ccc(OCc2ccccc2)cc1)N1CCNCC1. The standard InChI is InChI=1S/C22H30N2O2/c1-22(2,17-25)21(24-14-12-23-13-15-24)19-8-10-20(11-9-19)26-16-18-6-4-3-5-7-18/h3-11,21,23,25H,12-17H2,1-2H3/t21-/m0/s1. The summed E-state index contributed by atoms with van der Waals surface area (Å²) in [5.74, 6) is 0.874. The Hall–Kier alpha value is -1.88. The van der Waals surface area contributed by atoms with Crippen LogP contribution in [0.4, 0.5) is 0 Å². The van der Waals surface area contributed by atoms with Gasteiger partial charge < -0.3 is 15.2 Å². The fraction of sp³-hybridized carbons (Fsp3) is 0.455. The number of rotatable bonds is 7. The van der Waals surface area contributed by atoms with E-state index in [0.29, 0.717) is 6.61 Å². The van der Waals surface area contributed by atoms with Crippen molar-refractivity contribution >= 4 is 0 Å². The summed E-state index contributed by atoms with van der Waals surface area (Å²) in [7, 11) is 0. The second-order valence-corrected chi connectivity index (χ2v) is 7.68. The molecule has 3 rings (SSSR count). The minimum Gasteiger partial charge on any atom is -0.489 e. The van der Waals surface area contributed by atoms with Gasteiger partial charge in [0.25, 0.3) is 0 Å². The quantitative estimate of drug-likeness (QED) is 0.801. The third-order valence-electron chi connectivity index (χ3n) is 5.11. The van der Waals surface area contributed by atoms with Crippen molar-refractivity contribution in [1.82, 2.24) is 10.2 Å². The van der Waals surface area contributed by atoms with E-state index in [-0.39, 0.29) is 18.1 Å². The largest absolute Gasteiger partial charge is 0.489 e. The number of ether oxygens (including phenoxy) is 1. The number of piperazine rings is 1. The van der Waals surface area contributed by atoms with Crippen molar-refractivity contribution in [2.45, 2.75) is 26.5 Å². The molecule has 2 aromatic carbocycles. The average molecular weight is 354 g/mol. The molecule has 4 heteroatoms. The highest BCUT2D eigenvalue weighted by Crippen LogP contribution is 2.38. The lowest BCUT2D eigenvalue weighted by atomic mass is 9.79. The molecule has 0 unspecified atom stereocenters. The molecular weight excluding hydrogens is 324 g/mol. The lowest BCUT2D eigenvalue weighted by molar-refractivity contribution is 0.0305. The van der Waals surface area contributed by atoms with Gasteiger partial charge >= 0.3 is 0 Å². The zero-order chi connectivity index (χ0) is 18.4. The summed E-state index contributed by atoms with van der Waals surface area (Å²) in [6.07, 6.45) is 0. The van der Waals surface area contributed by atoms with E-state index >= 15 is 0 Å². The van der Waals surface area contributed by atoms with Crippen LogP contribution in [-0.2, 0) is 6.61 Å². The van der Waals surface area contributed by atoms with Gasteiger partial charge in [-0.15, -0.1) is 0 Å². The Morgan fingerprint density at radius 2 is 1.69 bits per heavy atom. The first-order chi connectivity index (χ1) is 12.6. The fourth-order valence-electron chi connectivity index (χ4n) is 3.67. The van der Waals surface area contributed by atoms with Crippen LogP contribution < -0.4 is 10.1 Å². The molecule has 1 heterocycles. The van der Waals surface area contributed by atoms with E-state index in [0.717, 1.165) is 37.5 Å². The fourth-order valence-corrected chi connectivity index (χ4v) is 3.67. The summed E-state index contributed by atoms with van der Waals surface area (Å²) in [5.41, 5.74) is 2.19. The van der Waals surface area contributed by atoms with E-state index < -0.39 is 0 Å². The van der Waals surface area contributed by atoms with Gasteiger partial charge in [-0.25, -0.2) is 0 Å². The van der Waals surface area contributed by atoms with E-state index in [1.54, 1.807) is 0 Å². The minimum atomic E-state index is -0.205. The molecule has 4 nitrogen and oxygen atoms in total. The molecule has 1 saturated heterocycles. The zero-order valence-corrected chi connectivity index (χ0v) is 15.8. The predicted octanol–water partition coefficient (Wildman–Crippen LogP) is 3.23. The molecule has 1 fully saturated rings. The van der Waals surface area contributed by atoms with Crippen molar-refractivity contribution in [3.63, 3.8) is 0 Å². The van der Waals surface area contributed by atoms with Gasteiger partial charge in [0.05, 0.1) is 0 Å². The number of aliphatic hydroxyl groups is 1. The molecule has 26 heavy (non-hydrogen) atoms. The molecule has 0 aliphatic carbocycles. The van der Waals surface area contributed by atoms with Gasteiger partial charge in [-0.2, -0.15) is 0 Å². The van der Waals surface area contributed by atoms with E-state index in [4.69, 9.17) is 4.74 Å². The third kappa shape index (κ3) is 4.64. The maximum absolute atomic E-state index is 9.95. The summed E-state index contributed by atoms with van der Waals surface area (Å²) in [6.45, 7) is 9.00. The van der Waals surface area contributed by atoms with E-state index in [1.807, 2.05) is 30.3 Å². The topological polar surface area (TPSA) is 44.7 Å². The zero-order valence-electron chi connectivity index (χ0n) is 15.8. The molecular formula is C22H30N2O2. The molecule has 1 aliphatic rings. The van der Waals surface area contributed by atoms with Gasteiger partial charge in [-0.3, -0.25) is 4.90 Å². The number of hydrogen-bond acceptors (Lipinski definition) is 4. The van der Waals surface area contributed by atoms with Crippen molar-refractivity contribution in [2.24, 2.45) is 5.41 Å². The van der Waals surface area contributed by atoms with Crippen LogP contribution in [0.25, 0.3) is 0 Å². The summed E-state index contributed by atoms with van der Waals surface area (Å²) in [5, 5.41) is 13.4. The second-order valence-electron chi connectivity index (χ2n) is 7.68. The normalized spacial score (nSPS) is 17.0. The first-order valence-corrected chi connectivity index (χ1v) is 9.42. The number of benzene rings is 2. The van der Waals surface area contributed by atoms with Crippen LogP contribution in [-0.4, -0.2) is 42.8 Å². The molecule has 140 valence electrons. The Labute approximate surface area is 156 Å². The Morgan fingerprint density at radius 3 is 2.31 bits per heavy atom. The number of nitrogens with zero attached hydrogens (tertiary/aromatic N) is 1. The predicted molar refractivity (Wildman–Crippen MR) is 105 cm³/mol. The second kappa shape index (κ2) is 8.67. The highest BCUT2D eigenvalue weighted by atomic mass is 16.5. The van der Waals surface area contributed by atoms with Crippen molar-refractivity contribution in [3.05, 3.63) is 65.7 Å². The molecule has 0 radical (unpaired) electrons. The van der Waals surface area contributed by atoms with Crippen molar-refractivity contribution in [2.75, 3.05) is 32.8 Å². The summed E-state index contributed by atoms with van der Waals surface area (Å²) in [6, 6.07) is 18.8. The highest BCUT2D eigenvalue weighted by molar-refractivity contribution is 5.31. The molecule has 0 spiro atoms. The molecule has 2 N–H and O–H groups in total. The molecule has 0 saturated carbocycles.